The molecule has 0 saturated heterocycles. The first-order chi connectivity index (χ1) is 12.6. The molecular weight excluding hydrogens is 335 g/mol. The highest BCUT2D eigenvalue weighted by Gasteiger charge is 2.24. The van der Waals surface area contributed by atoms with Crippen LogP contribution in [0.1, 0.15) is 11.1 Å². The number of fused-ring (bicyclic) bond motifs is 1. The predicted octanol–water partition coefficient (Wildman–Crippen LogP) is 1.80. The second kappa shape index (κ2) is 6.25. The Balaban J connectivity index is 1.54. The van der Waals surface area contributed by atoms with Crippen molar-refractivity contribution in [1.82, 2.24) is 25.2 Å². The normalized spacial score (nSPS) is 15.1. The van der Waals surface area contributed by atoms with Crippen molar-refractivity contribution >= 4 is 12.0 Å². The van der Waals surface area contributed by atoms with Crippen molar-refractivity contribution in [2.75, 3.05) is 5.43 Å². The minimum absolute atomic E-state index is 0.0328. The van der Waals surface area contributed by atoms with E-state index in [9.17, 15) is 4.39 Å². The first kappa shape index (κ1) is 15.7. The van der Waals surface area contributed by atoms with Crippen LogP contribution in [0.3, 0.4) is 0 Å². The van der Waals surface area contributed by atoms with Gasteiger partial charge in [-0.3, -0.25) is 15.1 Å². The molecule has 9 heteroatoms. The SMILES string of the molecule is Cn1cc(NN2C=NC3=CNN(Cc4cccc(C#N)c4F)C3=C2)cn1. The number of anilines is 1. The summed E-state index contributed by atoms with van der Waals surface area (Å²) in [5.41, 5.74) is 9.02. The van der Waals surface area contributed by atoms with Crippen LogP contribution in [0.5, 0.6) is 0 Å². The number of nitrogens with one attached hydrogen (secondary N) is 2. The number of hydrazine groups is 2. The zero-order chi connectivity index (χ0) is 18.1. The summed E-state index contributed by atoms with van der Waals surface area (Å²) in [7, 11) is 1.83. The topological polar surface area (TPSA) is 84.5 Å². The molecule has 0 unspecified atom stereocenters. The molecule has 0 amide bonds. The number of aromatic nitrogens is 2. The van der Waals surface area contributed by atoms with Gasteiger partial charge in [0.05, 0.1) is 30.2 Å². The van der Waals surface area contributed by atoms with Crippen molar-refractivity contribution in [3.05, 3.63) is 71.3 Å². The van der Waals surface area contributed by atoms with Crippen LogP contribution < -0.4 is 10.9 Å². The molecule has 0 fully saturated rings. The van der Waals surface area contributed by atoms with Gasteiger partial charge in [-0.15, -0.1) is 0 Å². The Kier molecular flexibility index (Phi) is 3.78. The number of hydrogen-bond acceptors (Lipinski definition) is 7. The van der Waals surface area contributed by atoms with Crippen LogP contribution >= 0.6 is 0 Å². The number of benzene rings is 1. The fourth-order valence-electron chi connectivity index (χ4n) is 2.73. The Bertz CT molecular complexity index is 981. The number of nitrogens with zero attached hydrogens (tertiary/aromatic N) is 6. The lowest BCUT2D eigenvalue weighted by Gasteiger charge is -2.26. The molecule has 0 radical (unpaired) electrons. The number of halogens is 1. The minimum atomic E-state index is -0.504. The van der Waals surface area contributed by atoms with Crippen LogP contribution in [0.15, 0.2) is 59.4 Å². The smallest absolute Gasteiger partial charge is 0.146 e. The Morgan fingerprint density at radius 1 is 1.38 bits per heavy atom. The van der Waals surface area contributed by atoms with Gasteiger partial charge in [-0.2, -0.15) is 10.4 Å². The van der Waals surface area contributed by atoms with E-state index >= 15 is 0 Å². The van der Waals surface area contributed by atoms with Crippen LogP contribution in [0.2, 0.25) is 0 Å². The molecule has 4 rings (SSSR count). The summed E-state index contributed by atoms with van der Waals surface area (Å²) in [6, 6.07) is 6.66. The van der Waals surface area contributed by atoms with Crippen LogP contribution in [0, 0.1) is 17.1 Å². The molecule has 2 aliphatic rings. The number of rotatable bonds is 4. The molecule has 3 heterocycles. The largest absolute Gasteiger partial charge is 0.303 e. The molecule has 130 valence electrons. The van der Waals surface area contributed by atoms with Gasteiger partial charge in [0, 0.05) is 25.0 Å². The van der Waals surface area contributed by atoms with E-state index in [-0.39, 0.29) is 12.1 Å². The highest BCUT2D eigenvalue weighted by molar-refractivity contribution is 5.66. The predicted molar refractivity (Wildman–Crippen MR) is 93.1 cm³/mol. The zero-order valence-electron chi connectivity index (χ0n) is 13.9. The van der Waals surface area contributed by atoms with E-state index < -0.39 is 5.82 Å². The summed E-state index contributed by atoms with van der Waals surface area (Å²) in [5, 5.41) is 16.6. The Hall–Kier alpha value is -3.80. The molecule has 0 aliphatic carbocycles. The fourth-order valence-corrected chi connectivity index (χ4v) is 2.73. The van der Waals surface area contributed by atoms with E-state index in [4.69, 9.17) is 5.26 Å². The van der Waals surface area contributed by atoms with Crippen molar-refractivity contribution in [2.24, 2.45) is 12.0 Å². The fraction of sp³-hybridized carbons (Fsp3) is 0.118. The van der Waals surface area contributed by atoms with E-state index in [1.54, 1.807) is 45.6 Å². The maximum absolute atomic E-state index is 14.3. The summed E-state index contributed by atoms with van der Waals surface area (Å²) in [4.78, 5) is 4.38. The third-order valence-corrected chi connectivity index (χ3v) is 3.98. The van der Waals surface area contributed by atoms with Gasteiger partial charge in [-0.05, 0) is 6.07 Å². The Morgan fingerprint density at radius 3 is 3.04 bits per heavy atom. The lowest BCUT2D eigenvalue weighted by Crippen LogP contribution is -2.32. The van der Waals surface area contributed by atoms with Crippen molar-refractivity contribution < 1.29 is 4.39 Å². The average Bonchev–Trinajstić information content (AvgIpc) is 3.23. The van der Waals surface area contributed by atoms with Crippen molar-refractivity contribution in [1.29, 1.82) is 5.26 Å². The molecular formula is C17H15FN8. The van der Waals surface area contributed by atoms with Gasteiger partial charge < -0.3 is 5.43 Å². The molecule has 26 heavy (non-hydrogen) atoms. The second-order valence-corrected chi connectivity index (χ2v) is 5.82. The summed E-state index contributed by atoms with van der Waals surface area (Å²) >= 11 is 0. The van der Waals surface area contributed by atoms with E-state index in [0.717, 1.165) is 17.1 Å². The van der Waals surface area contributed by atoms with Gasteiger partial charge in [0.1, 0.15) is 29.6 Å². The molecule has 8 nitrogen and oxygen atoms in total. The van der Waals surface area contributed by atoms with Crippen molar-refractivity contribution in [3.8, 4) is 6.07 Å². The Labute approximate surface area is 149 Å². The van der Waals surface area contributed by atoms with Crippen LogP contribution in [-0.4, -0.2) is 26.1 Å². The molecule has 2 aromatic rings. The van der Waals surface area contributed by atoms with Crippen molar-refractivity contribution in [2.45, 2.75) is 6.54 Å². The van der Waals surface area contributed by atoms with Gasteiger partial charge in [0.25, 0.3) is 0 Å². The molecule has 0 atom stereocenters. The van der Waals surface area contributed by atoms with E-state index in [1.807, 2.05) is 25.5 Å². The van der Waals surface area contributed by atoms with Crippen LogP contribution in [-0.2, 0) is 13.6 Å². The maximum atomic E-state index is 14.3. The first-order valence-corrected chi connectivity index (χ1v) is 7.85. The van der Waals surface area contributed by atoms with Crippen LogP contribution in [0.25, 0.3) is 0 Å². The molecule has 0 bridgehead atoms. The third-order valence-electron chi connectivity index (χ3n) is 3.98. The molecule has 1 aromatic carbocycles. The lowest BCUT2D eigenvalue weighted by atomic mass is 10.1. The van der Waals surface area contributed by atoms with Gasteiger partial charge >= 0.3 is 0 Å². The standard InChI is InChI=1S/C17H15FN8/c1-24-9-14(6-21-24)23-25-10-16-15(20-11-25)7-22-26(16)8-13-4-2-3-12(5-19)17(13)18/h2-4,6-7,9-11,22-23H,8H2,1H3. The number of nitriles is 1. The van der Waals surface area contributed by atoms with Gasteiger partial charge in [-0.25, -0.2) is 14.4 Å². The molecule has 0 saturated carbocycles. The van der Waals surface area contributed by atoms with E-state index in [2.05, 4.69) is 20.9 Å². The highest BCUT2D eigenvalue weighted by Crippen LogP contribution is 2.26. The summed E-state index contributed by atoms with van der Waals surface area (Å²) in [5.74, 6) is -0.504. The van der Waals surface area contributed by atoms with Gasteiger partial charge in [0.2, 0.25) is 0 Å². The lowest BCUT2D eigenvalue weighted by molar-refractivity contribution is 0.293. The van der Waals surface area contributed by atoms with E-state index in [0.29, 0.717) is 5.56 Å². The highest BCUT2D eigenvalue weighted by atomic mass is 19.1. The number of aliphatic imine (C=N–C) groups is 1. The molecule has 2 N–H and O–H groups in total. The third kappa shape index (κ3) is 2.84. The average molecular weight is 350 g/mol. The van der Waals surface area contributed by atoms with Gasteiger partial charge in [-0.1, -0.05) is 12.1 Å². The minimum Gasteiger partial charge on any atom is -0.303 e. The summed E-state index contributed by atoms with van der Waals surface area (Å²) in [6.07, 6.45) is 8.77. The van der Waals surface area contributed by atoms with Crippen LogP contribution in [0.4, 0.5) is 10.1 Å². The molecule has 0 spiro atoms. The molecule has 1 aromatic heterocycles. The number of hydrogen-bond donors (Lipinski definition) is 2. The molecule has 2 aliphatic heterocycles. The zero-order valence-corrected chi connectivity index (χ0v) is 13.9. The Morgan fingerprint density at radius 2 is 2.27 bits per heavy atom. The number of aryl methyl sites for hydroxylation is 1. The monoisotopic (exact) mass is 350 g/mol. The second-order valence-electron chi connectivity index (χ2n) is 5.82. The summed E-state index contributed by atoms with van der Waals surface area (Å²) in [6.45, 7) is 0.253. The maximum Gasteiger partial charge on any atom is 0.146 e. The first-order valence-electron chi connectivity index (χ1n) is 7.85. The van der Waals surface area contributed by atoms with Gasteiger partial charge in [0.15, 0.2) is 0 Å². The quantitative estimate of drug-likeness (QED) is 0.875. The van der Waals surface area contributed by atoms with E-state index in [1.165, 1.54) is 6.07 Å². The summed E-state index contributed by atoms with van der Waals surface area (Å²) < 4.78 is 16.0. The van der Waals surface area contributed by atoms with Crippen molar-refractivity contribution in [3.63, 3.8) is 0 Å².